The summed E-state index contributed by atoms with van der Waals surface area (Å²) < 4.78 is 5.80. The lowest BCUT2D eigenvalue weighted by atomic mass is 9.52. The summed E-state index contributed by atoms with van der Waals surface area (Å²) in [6.45, 7) is 9.04. The molecule has 2 bridgehead atoms. The van der Waals surface area contributed by atoms with Gasteiger partial charge in [-0.1, -0.05) is 76.2 Å². The second-order valence-electron chi connectivity index (χ2n) is 10.00. The van der Waals surface area contributed by atoms with E-state index in [4.69, 9.17) is 4.74 Å². The van der Waals surface area contributed by atoms with E-state index in [0.29, 0.717) is 13.0 Å². The minimum atomic E-state index is -1.16. The number of esters is 1. The van der Waals surface area contributed by atoms with Gasteiger partial charge in [0.2, 0.25) is 0 Å². The summed E-state index contributed by atoms with van der Waals surface area (Å²) in [6, 6.07) is 18.9. The zero-order valence-electron chi connectivity index (χ0n) is 17.7. The third kappa shape index (κ3) is 3.25. The van der Waals surface area contributed by atoms with Crippen molar-refractivity contribution in [2.24, 2.45) is 16.7 Å². The van der Waals surface area contributed by atoms with Crippen molar-refractivity contribution in [3.8, 4) is 6.07 Å². The smallest absolute Gasteiger partial charge is 0.327 e. The lowest BCUT2D eigenvalue weighted by molar-refractivity contribution is -0.156. The number of carbonyl (C=O) groups is 1. The summed E-state index contributed by atoms with van der Waals surface area (Å²) in [5.74, 6) is -0.309. The Morgan fingerprint density at radius 2 is 1.62 bits per heavy atom. The topological polar surface area (TPSA) is 50.1 Å². The molecule has 0 saturated carbocycles. The van der Waals surface area contributed by atoms with Crippen molar-refractivity contribution < 1.29 is 9.53 Å². The van der Waals surface area contributed by atoms with Gasteiger partial charge in [0, 0.05) is 11.8 Å². The largest absolute Gasteiger partial charge is 0.464 e. The Hall–Kier alpha value is -2.60. The number of ether oxygens (including phenoxy) is 1. The SMILES string of the molecule is CC(COC(=O)C1(C#N)CC2c3ccccc3C1c1ccccc12)CC(C)(C)C. The van der Waals surface area contributed by atoms with Crippen LogP contribution in [0.4, 0.5) is 0 Å². The fourth-order valence-electron chi connectivity index (χ4n) is 5.52. The van der Waals surface area contributed by atoms with Crippen LogP contribution in [0.25, 0.3) is 0 Å². The maximum absolute atomic E-state index is 13.4. The quantitative estimate of drug-likeness (QED) is 0.624. The molecule has 0 aliphatic heterocycles. The van der Waals surface area contributed by atoms with Gasteiger partial charge < -0.3 is 4.74 Å². The molecule has 3 aliphatic carbocycles. The van der Waals surface area contributed by atoms with E-state index in [2.05, 4.69) is 58.0 Å². The monoisotopic (exact) mass is 387 g/mol. The summed E-state index contributed by atoms with van der Waals surface area (Å²) in [5.41, 5.74) is 3.72. The van der Waals surface area contributed by atoms with Gasteiger partial charge in [0.15, 0.2) is 5.41 Å². The number of carbonyl (C=O) groups excluding carboxylic acids is 1. The standard InChI is InChI=1S/C26H29NO2/c1-17(13-25(2,3)4)15-29-24(28)26(16-27)14-22-18-9-5-7-11-20(18)23(26)21-12-8-6-10-19(21)22/h5-12,17,22-23H,13-15H2,1-4H3. The molecule has 150 valence electrons. The molecule has 2 atom stereocenters. The molecule has 3 heteroatoms. The highest BCUT2D eigenvalue weighted by Gasteiger charge is 2.58. The van der Waals surface area contributed by atoms with Crippen LogP contribution in [-0.2, 0) is 9.53 Å². The van der Waals surface area contributed by atoms with E-state index in [0.717, 1.165) is 17.5 Å². The van der Waals surface area contributed by atoms with E-state index >= 15 is 0 Å². The van der Waals surface area contributed by atoms with E-state index in [9.17, 15) is 10.1 Å². The molecule has 3 nitrogen and oxygen atoms in total. The van der Waals surface area contributed by atoms with Gasteiger partial charge in [-0.2, -0.15) is 5.26 Å². The van der Waals surface area contributed by atoms with E-state index in [-0.39, 0.29) is 29.1 Å². The summed E-state index contributed by atoms with van der Waals surface area (Å²) in [7, 11) is 0. The summed E-state index contributed by atoms with van der Waals surface area (Å²) in [4.78, 5) is 13.4. The molecule has 5 rings (SSSR count). The van der Waals surface area contributed by atoms with Gasteiger partial charge in [-0.25, -0.2) is 0 Å². The third-order valence-electron chi connectivity index (χ3n) is 6.41. The van der Waals surface area contributed by atoms with Gasteiger partial charge in [-0.3, -0.25) is 4.79 Å². The van der Waals surface area contributed by atoms with Gasteiger partial charge >= 0.3 is 5.97 Å². The van der Waals surface area contributed by atoms with Crippen LogP contribution in [0.5, 0.6) is 0 Å². The Bertz CT molecular complexity index is 933. The minimum absolute atomic E-state index is 0.0617. The molecule has 29 heavy (non-hydrogen) atoms. The van der Waals surface area contributed by atoms with Crippen molar-refractivity contribution in [3.05, 3.63) is 70.8 Å². The number of hydrogen-bond acceptors (Lipinski definition) is 3. The first-order chi connectivity index (χ1) is 13.8. The van der Waals surface area contributed by atoms with Crippen LogP contribution >= 0.6 is 0 Å². The van der Waals surface area contributed by atoms with Crippen molar-refractivity contribution in [1.29, 1.82) is 5.26 Å². The van der Waals surface area contributed by atoms with Crippen LogP contribution < -0.4 is 0 Å². The molecule has 0 radical (unpaired) electrons. The normalized spacial score (nSPS) is 25.5. The van der Waals surface area contributed by atoms with E-state index in [1.54, 1.807) is 0 Å². The van der Waals surface area contributed by atoms with Gasteiger partial charge in [0.25, 0.3) is 0 Å². The number of fused-ring (bicyclic) bond motifs is 1. The highest BCUT2D eigenvalue weighted by Crippen LogP contribution is 2.61. The van der Waals surface area contributed by atoms with Crippen LogP contribution in [0.3, 0.4) is 0 Å². The molecule has 3 aliphatic rings. The average Bonchev–Trinajstić information content (AvgIpc) is 2.70. The van der Waals surface area contributed by atoms with Crippen molar-refractivity contribution >= 4 is 5.97 Å². The Kier molecular flexibility index (Phi) is 4.77. The number of nitriles is 1. The number of hydrogen-bond donors (Lipinski definition) is 0. The molecule has 2 aromatic rings. The van der Waals surface area contributed by atoms with Crippen LogP contribution in [0, 0.1) is 28.1 Å². The Morgan fingerprint density at radius 1 is 1.10 bits per heavy atom. The molecular formula is C26H29NO2. The second-order valence-corrected chi connectivity index (χ2v) is 10.00. The molecule has 0 amide bonds. The van der Waals surface area contributed by atoms with Crippen LogP contribution in [-0.4, -0.2) is 12.6 Å². The van der Waals surface area contributed by atoms with Crippen LogP contribution in [0.2, 0.25) is 0 Å². The molecule has 2 unspecified atom stereocenters. The number of benzene rings is 2. The second kappa shape index (κ2) is 7.02. The molecule has 0 aromatic heterocycles. The fourth-order valence-corrected chi connectivity index (χ4v) is 5.52. The average molecular weight is 388 g/mol. The summed E-state index contributed by atoms with van der Waals surface area (Å²) >= 11 is 0. The Labute approximate surface area is 173 Å². The van der Waals surface area contributed by atoms with Gasteiger partial charge in [-0.05, 0) is 46.4 Å². The zero-order valence-corrected chi connectivity index (χ0v) is 17.7. The number of rotatable bonds is 4. The molecule has 0 N–H and O–H groups in total. The predicted octanol–water partition coefficient (Wildman–Crippen LogP) is 5.79. The minimum Gasteiger partial charge on any atom is -0.464 e. The van der Waals surface area contributed by atoms with Crippen molar-refractivity contribution in [2.45, 2.75) is 52.4 Å². The molecule has 0 spiro atoms. The molecule has 0 heterocycles. The van der Waals surface area contributed by atoms with E-state index in [1.807, 2.05) is 24.3 Å². The van der Waals surface area contributed by atoms with Gasteiger partial charge in [-0.15, -0.1) is 0 Å². The molecular weight excluding hydrogens is 358 g/mol. The first kappa shape index (κ1) is 19.7. The highest BCUT2D eigenvalue weighted by atomic mass is 16.5. The third-order valence-corrected chi connectivity index (χ3v) is 6.41. The van der Waals surface area contributed by atoms with E-state index in [1.165, 1.54) is 11.1 Å². The van der Waals surface area contributed by atoms with Crippen molar-refractivity contribution in [1.82, 2.24) is 0 Å². The fraction of sp³-hybridized carbons (Fsp3) is 0.462. The first-order valence-electron chi connectivity index (χ1n) is 10.5. The molecule has 2 aromatic carbocycles. The van der Waals surface area contributed by atoms with Crippen LogP contribution in [0.15, 0.2) is 48.5 Å². The molecule has 0 fully saturated rings. The predicted molar refractivity (Wildman–Crippen MR) is 113 cm³/mol. The zero-order chi connectivity index (χ0) is 20.8. The van der Waals surface area contributed by atoms with Crippen molar-refractivity contribution in [2.75, 3.05) is 6.61 Å². The first-order valence-corrected chi connectivity index (χ1v) is 10.5. The van der Waals surface area contributed by atoms with Crippen molar-refractivity contribution in [3.63, 3.8) is 0 Å². The highest BCUT2D eigenvalue weighted by molar-refractivity contribution is 5.85. The lowest BCUT2D eigenvalue weighted by Crippen LogP contribution is -2.47. The molecule has 0 saturated heterocycles. The maximum Gasteiger partial charge on any atom is 0.327 e. The Morgan fingerprint density at radius 3 is 2.10 bits per heavy atom. The van der Waals surface area contributed by atoms with Crippen LogP contribution in [0.1, 0.15) is 74.6 Å². The maximum atomic E-state index is 13.4. The lowest BCUT2D eigenvalue weighted by Gasteiger charge is -2.48. The van der Waals surface area contributed by atoms with E-state index < -0.39 is 5.41 Å². The van der Waals surface area contributed by atoms with Gasteiger partial charge in [0.1, 0.15) is 0 Å². The summed E-state index contributed by atoms with van der Waals surface area (Å²) in [6.07, 6.45) is 1.46. The van der Waals surface area contributed by atoms with Gasteiger partial charge in [0.05, 0.1) is 12.7 Å². The number of nitrogens with zero attached hydrogens (tertiary/aromatic N) is 1. The summed E-state index contributed by atoms with van der Waals surface area (Å²) in [5, 5.41) is 10.3. The Balaban J connectivity index is 1.68.